The van der Waals surface area contributed by atoms with Gasteiger partial charge in [0.15, 0.2) is 0 Å². The van der Waals surface area contributed by atoms with Crippen LogP contribution in [0.5, 0.6) is 0 Å². The SMILES string of the molecule is CO/C(C)=C(/C=C(\C)F)c1cnc(N2CCN(CC(=O)N3CCN(C4CCC4)CC3)CC2)cn1. The van der Waals surface area contributed by atoms with Gasteiger partial charge in [0.2, 0.25) is 5.91 Å². The van der Waals surface area contributed by atoms with Gasteiger partial charge >= 0.3 is 0 Å². The smallest absolute Gasteiger partial charge is 0.236 e. The number of anilines is 1. The molecule has 3 heterocycles. The van der Waals surface area contributed by atoms with Crippen molar-refractivity contribution in [3.63, 3.8) is 0 Å². The summed E-state index contributed by atoms with van der Waals surface area (Å²) in [4.78, 5) is 30.9. The Balaban J connectivity index is 1.26. The summed E-state index contributed by atoms with van der Waals surface area (Å²) in [5.41, 5.74) is 1.15. The number of amides is 1. The van der Waals surface area contributed by atoms with Gasteiger partial charge in [0.05, 0.1) is 37.6 Å². The molecule has 8 nitrogen and oxygen atoms in total. The van der Waals surface area contributed by atoms with E-state index in [4.69, 9.17) is 4.74 Å². The minimum Gasteiger partial charge on any atom is -0.501 e. The standard InChI is InChI=1S/C25H37FN6O2/c1-19(26)15-22(20(2)34-3)23-16-28-24(17-27-23)31-9-7-29(8-10-31)18-25(33)32-13-11-30(12-14-32)21-5-4-6-21/h15-17,21H,4-14,18H2,1-3H3/b19-15+,22-20-. The molecule has 0 aromatic carbocycles. The first-order valence-corrected chi connectivity index (χ1v) is 12.3. The van der Waals surface area contributed by atoms with Gasteiger partial charge in [0.1, 0.15) is 11.6 Å². The van der Waals surface area contributed by atoms with Crippen molar-refractivity contribution in [3.8, 4) is 0 Å². The molecule has 1 aromatic heterocycles. The molecule has 1 amide bonds. The molecule has 1 saturated carbocycles. The Morgan fingerprint density at radius 1 is 1.06 bits per heavy atom. The monoisotopic (exact) mass is 472 g/mol. The Bertz CT molecular complexity index is 894. The van der Waals surface area contributed by atoms with Gasteiger partial charge in [0, 0.05) is 64.0 Å². The molecule has 2 saturated heterocycles. The van der Waals surface area contributed by atoms with Crippen LogP contribution in [-0.4, -0.2) is 103 Å². The molecule has 9 heteroatoms. The number of methoxy groups -OCH3 is 1. The van der Waals surface area contributed by atoms with Crippen LogP contribution in [0.4, 0.5) is 10.2 Å². The summed E-state index contributed by atoms with van der Waals surface area (Å²) >= 11 is 0. The molecule has 34 heavy (non-hydrogen) atoms. The molecule has 1 aromatic rings. The molecule has 0 radical (unpaired) electrons. The normalized spacial score (nSPS) is 21.8. The predicted molar refractivity (Wildman–Crippen MR) is 131 cm³/mol. The molecular weight excluding hydrogens is 435 g/mol. The minimum absolute atomic E-state index is 0.245. The molecule has 0 bridgehead atoms. The number of halogens is 1. The molecular formula is C25H37FN6O2. The summed E-state index contributed by atoms with van der Waals surface area (Å²) in [6.07, 6.45) is 8.79. The third kappa shape index (κ3) is 5.93. The minimum atomic E-state index is -0.316. The highest BCUT2D eigenvalue weighted by Gasteiger charge is 2.30. The van der Waals surface area contributed by atoms with Gasteiger partial charge in [-0.05, 0) is 32.8 Å². The van der Waals surface area contributed by atoms with E-state index in [0.717, 1.165) is 64.2 Å². The van der Waals surface area contributed by atoms with Crippen molar-refractivity contribution in [2.45, 2.75) is 39.2 Å². The molecule has 0 atom stereocenters. The van der Waals surface area contributed by atoms with E-state index in [-0.39, 0.29) is 11.7 Å². The second-order valence-corrected chi connectivity index (χ2v) is 9.43. The van der Waals surface area contributed by atoms with E-state index in [1.807, 2.05) is 4.90 Å². The molecule has 3 fully saturated rings. The largest absolute Gasteiger partial charge is 0.501 e. The van der Waals surface area contributed by atoms with Gasteiger partial charge in [0.25, 0.3) is 0 Å². The summed E-state index contributed by atoms with van der Waals surface area (Å²) in [6, 6.07) is 0.762. The summed E-state index contributed by atoms with van der Waals surface area (Å²) < 4.78 is 18.8. The number of carbonyl (C=O) groups excluding carboxylic acids is 1. The number of nitrogens with zero attached hydrogens (tertiary/aromatic N) is 6. The third-order valence-corrected chi connectivity index (χ3v) is 7.26. The Morgan fingerprint density at radius 2 is 1.76 bits per heavy atom. The van der Waals surface area contributed by atoms with Crippen molar-refractivity contribution in [2.24, 2.45) is 0 Å². The fourth-order valence-electron chi connectivity index (χ4n) is 4.80. The van der Waals surface area contributed by atoms with E-state index >= 15 is 0 Å². The average Bonchev–Trinajstić information content (AvgIpc) is 2.82. The first-order valence-electron chi connectivity index (χ1n) is 12.3. The summed E-state index contributed by atoms with van der Waals surface area (Å²) in [5, 5.41) is 0. The lowest BCUT2D eigenvalue weighted by Crippen LogP contribution is -2.56. The Morgan fingerprint density at radius 3 is 2.29 bits per heavy atom. The zero-order valence-corrected chi connectivity index (χ0v) is 20.7. The molecule has 0 unspecified atom stereocenters. The van der Waals surface area contributed by atoms with Gasteiger partial charge in [-0.15, -0.1) is 0 Å². The van der Waals surface area contributed by atoms with Gasteiger partial charge < -0.3 is 14.5 Å². The first-order chi connectivity index (χ1) is 16.4. The van der Waals surface area contributed by atoms with E-state index in [2.05, 4.69) is 24.7 Å². The fraction of sp³-hybridized carbons (Fsp3) is 0.640. The van der Waals surface area contributed by atoms with Crippen LogP contribution in [0.1, 0.15) is 38.8 Å². The van der Waals surface area contributed by atoms with Crippen LogP contribution in [0.3, 0.4) is 0 Å². The fourth-order valence-corrected chi connectivity index (χ4v) is 4.80. The first kappa shape index (κ1) is 24.6. The van der Waals surface area contributed by atoms with Crippen LogP contribution in [-0.2, 0) is 9.53 Å². The second-order valence-electron chi connectivity index (χ2n) is 9.43. The summed E-state index contributed by atoms with van der Waals surface area (Å²) in [6.45, 7) is 10.6. The number of hydrogen-bond acceptors (Lipinski definition) is 7. The van der Waals surface area contributed by atoms with Crippen molar-refractivity contribution in [3.05, 3.63) is 35.7 Å². The maximum absolute atomic E-state index is 13.5. The molecule has 0 spiro atoms. The van der Waals surface area contributed by atoms with E-state index in [1.54, 1.807) is 26.4 Å². The van der Waals surface area contributed by atoms with Gasteiger partial charge in [-0.2, -0.15) is 0 Å². The molecule has 4 rings (SSSR count). The maximum Gasteiger partial charge on any atom is 0.236 e. The van der Waals surface area contributed by atoms with Crippen molar-refractivity contribution in [2.75, 3.05) is 70.9 Å². The lowest BCUT2D eigenvalue weighted by atomic mass is 9.91. The van der Waals surface area contributed by atoms with Crippen LogP contribution in [0.15, 0.2) is 30.1 Å². The molecule has 2 aliphatic heterocycles. The number of carbonyl (C=O) groups is 1. The predicted octanol–water partition coefficient (Wildman–Crippen LogP) is 2.55. The van der Waals surface area contributed by atoms with Crippen LogP contribution < -0.4 is 4.90 Å². The second kappa shape index (κ2) is 11.3. The van der Waals surface area contributed by atoms with Crippen molar-refractivity contribution >= 4 is 17.3 Å². The summed E-state index contributed by atoms with van der Waals surface area (Å²) in [5.74, 6) is 1.30. The van der Waals surface area contributed by atoms with E-state index < -0.39 is 0 Å². The highest BCUT2D eigenvalue weighted by Crippen LogP contribution is 2.26. The Kier molecular flexibility index (Phi) is 8.15. The Hall–Kier alpha value is -2.52. The van der Waals surface area contributed by atoms with Crippen molar-refractivity contribution < 1.29 is 13.9 Å². The van der Waals surface area contributed by atoms with Crippen molar-refractivity contribution in [1.82, 2.24) is 24.7 Å². The van der Waals surface area contributed by atoms with Crippen LogP contribution in [0.2, 0.25) is 0 Å². The molecule has 3 aliphatic rings. The number of piperazine rings is 2. The van der Waals surface area contributed by atoms with Gasteiger partial charge in [-0.25, -0.2) is 9.37 Å². The number of aromatic nitrogens is 2. The van der Waals surface area contributed by atoms with Crippen LogP contribution >= 0.6 is 0 Å². The lowest BCUT2D eigenvalue weighted by molar-refractivity contribution is -0.134. The van der Waals surface area contributed by atoms with Crippen molar-refractivity contribution in [1.29, 1.82) is 0 Å². The number of allylic oxidation sites excluding steroid dienone is 4. The van der Waals surface area contributed by atoms with E-state index in [9.17, 15) is 9.18 Å². The summed E-state index contributed by atoms with van der Waals surface area (Å²) in [7, 11) is 1.55. The zero-order chi connectivity index (χ0) is 24.1. The molecule has 0 N–H and O–H groups in total. The molecule has 1 aliphatic carbocycles. The lowest BCUT2D eigenvalue weighted by Gasteiger charge is -2.43. The highest BCUT2D eigenvalue weighted by atomic mass is 19.1. The quantitative estimate of drug-likeness (QED) is 0.446. The molecule has 186 valence electrons. The highest BCUT2D eigenvalue weighted by molar-refractivity contribution is 5.78. The topological polar surface area (TPSA) is 65.0 Å². The zero-order valence-electron chi connectivity index (χ0n) is 20.7. The van der Waals surface area contributed by atoms with Crippen LogP contribution in [0.25, 0.3) is 5.57 Å². The van der Waals surface area contributed by atoms with E-state index in [0.29, 0.717) is 23.6 Å². The number of rotatable bonds is 7. The number of ether oxygens (including phenoxy) is 1. The average molecular weight is 473 g/mol. The van der Waals surface area contributed by atoms with Crippen LogP contribution in [0, 0.1) is 0 Å². The van der Waals surface area contributed by atoms with E-state index in [1.165, 1.54) is 32.3 Å². The Labute approximate surface area is 202 Å². The number of hydrogen-bond donors (Lipinski definition) is 0. The third-order valence-electron chi connectivity index (χ3n) is 7.26. The van der Waals surface area contributed by atoms with Gasteiger partial charge in [-0.1, -0.05) is 6.42 Å². The van der Waals surface area contributed by atoms with Gasteiger partial charge in [-0.3, -0.25) is 19.6 Å². The maximum atomic E-state index is 13.5.